The number of nitrogens with one attached hydrogen (secondary N) is 1. The first-order valence-corrected chi connectivity index (χ1v) is 6.55. The minimum absolute atomic E-state index is 0.190. The predicted molar refractivity (Wildman–Crippen MR) is 80.2 cm³/mol. The fraction of sp³-hybridized carbons (Fsp3) is 0.143. The van der Waals surface area contributed by atoms with Gasteiger partial charge in [-0.15, -0.1) is 0 Å². The molecular weight excluding hydrogens is 266 g/mol. The van der Waals surface area contributed by atoms with Crippen LogP contribution in [0.15, 0.2) is 24.8 Å². The molecule has 104 valence electrons. The van der Waals surface area contributed by atoms with Crippen LogP contribution in [0.4, 0.5) is 5.95 Å². The summed E-state index contributed by atoms with van der Waals surface area (Å²) in [5, 5.41) is 0. The van der Waals surface area contributed by atoms with Crippen LogP contribution in [0.3, 0.4) is 0 Å². The summed E-state index contributed by atoms with van der Waals surface area (Å²) in [5.74, 6) is 0.844. The lowest BCUT2D eigenvalue weighted by molar-refractivity contribution is 1.02. The Morgan fingerprint density at radius 2 is 1.90 bits per heavy atom. The third kappa shape index (κ3) is 1.67. The maximum Gasteiger partial charge on any atom is 0.224 e. The Labute approximate surface area is 119 Å². The van der Waals surface area contributed by atoms with Crippen LogP contribution in [0, 0.1) is 13.8 Å². The molecule has 21 heavy (non-hydrogen) atoms. The van der Waals surface area contributed by atoms with Crippen LogP contribution in [0.1, 0.15) is 11.1 Å². The Morgan fingerprint density at radius 3 is 2.76 bits per heavy atom. The molecule has 0 aliphatic heterocycles. The van der Waals surface area contributed by atoms with Crippen molar-refractivity contribution in [3.63, 3.8) is 0 Å². The lowest BCUT2D eigenvalue weighted by Gasteiger charge is -2.06. The van der Waals surface area contributed by atoms with E-state index in [0.717, 1.165) is 16.6 Å². The molecule has 4 rings (SSSR count). The normalized spacial score (nSPS) is 11.5. The number of anilines is 1. The van der Waals surface area contributed by atoms with Crippen molar-refractivity contribution < 1.29 is 0 Å². The van der Waals surface area contributed by atoms with Gasteiger partial charge in [0.15, 0.2) is 11.5 Å². The summed E-state index contributed by atoms with van der Waals surface area (Å²) in [5.41, 5.74) is 11.4. The molecule has 4 aromatic rings. The lowest BCUT2D eigenvalue weighted by atomic mass is 10.1. The second kappa shape index (κ2) is 4.02. The number of nitrogens with zero attached hydrogens (tertiary/aromatic N) is 5. The van der Waals surface area contributed by atoms with E-state index in [2.05, 4.69) is 50.9 Å². The number of aromatic amines is 1. The van der Waals surface area contributed by atoms with Crippen molar-refractivity contribution in [1.29, 1.82) is 0 Å². The number of fused-ring (bicyclic) bond motifs is 2. The Bertz CT molecular complexity index is 980. The molecule has 0 saturated heterocycles. The quantitative estimate of drug-likeness (QED) is 0.554. The molecule has 0 fully saturated rings. The smallest absolute Gasteiger partial charge is 0.224 e. The van der Waals surface area contributed by atoms with Crippen molar-refractivity contribution >= 4 is 28.1 Å². The van der Waals surface area contributed by atoms with Crippen LogP contribution >= 0.6 is 0 Å². The third-order valence-corrected chi connectivity index (χ3v) is 3.67. The summed E-state index contributed by atoms with van der Waals surface area (Å²) in [4.78, 5) is 20.1. The van der Waals surface area contributed by atoms with Gasteiger partial charge in [-0.1, -0.05) is 0 Å². The zero-order valence-corrected chi connectivity index (χ0v) is 11.6. The van der Waals surface area contributed by atoms with E-state index in [9.17, 15) is 0 Å². The van der Waals surface area contributed by atoms with Gasteiger partial charge in [-0.05, 0) is 37.1 Å². The largest absolute Gasteiger partial charge is 0.368 e. The van der Waals surface area contributed by atoms with E-state index >= 15 is 0 Å². The van der Waals surface area contributed by atoms with Gasteiger partial charge in [-0.3, -0.25) is 4.57 Å². The summed E-state index contributed by atoms with van der Waals surface area (Å²) in [6.45, 7) is 4.15. The number of H-pyrrole nitrogens is 1. The monoisotopic (exact) mass is 279 g/mol. The minimum atomic E-state index is 0.190. The van der Waals surface area contributed by atoms with Crippen molar-refractivity contribution in [3.05, 3.63) is 35.9 Å². The molecule has 3 heterocycles. The molecule has 3 aromatic heterocycles. The lowest BCUT2D eigenvalue weighted by Crippen LogP contribution is -2.03. The number of rotatable bonds is 1. The second-order valence-electron chi connectivity index (χ2n) is 5.05. The van der Waals surface area contributed by atoms with E-state index in [-0.39, 0.29) is 5.95 Å². The number of aromatic nitrogens is 6. The molecule has 0 bridgehead atoms. The molecule has 7 heteroatoms. The highest BCUT2D eigenvalue weighted by atomic mass is 15.2. The average Bonchev–Trinajstić information content (AvgIpc) is 3.05. The maximum absolute atomic E-state index is 5.78. The van der Waals surface area contributed by atoms with E-state index < -0.39 is 0 Å². The van der Waals surface area contributed by atoms with Gasteiger partial charge in [0.25, 0.3) is 0 Å². The summed E-state index contributed by atoms with van der Waals surface area (Å²) < 4.78 is 1.90. The van der Waals surface area contributed by atoms with Crippen LogP contribution in [0.2, 0.25) is 0 Å². The number of benzene rings is 1. The van der Waals surface area contributed by atoms with E-state index in [1.807, 2.05) is 4.57 Å². The number of hydrogen-bond donors (Lipinski definition) is 2. The molecule has 0 atom stereocenters. The first-order valence-electron chi connectivity index (χ1n) is 6.55. The average molecular weight is 279 g/mol. The first kappa shape index (κ1) is 11.8. The van der Waals surface area contributed by atoms with Crippen molar-refractivity contribution in [2.75, 3.05) is 5.73 Å². The Balaban J connectivity index is 2.09. The standard InChI is InChI=1S/C14H13N7/c1-7-3-9-10(4-8(7)2)21(6-18-9)13-11-12(17-5-16-11)19-14(15)20-13/h3-6H,1-2H3,(H3,15,16,17,19,20). The number of imidazole rings is 2. The molecule has 0 spiro atoms. The maximum atomic E-state index is 5.78. The van der Waals surface area contributed by atoms with Crippen molar-refractivity contribution in [2.45, 2.75) is 13.8 Å². The van der Waals surface area contributed by atoms with Gasteiger partial charge in [0.1, 0.15) is 11.8 Å². The van der Waals surface area contributed by atoms with Gasteiger partial charge < -0.3 is 10.7 Å². The Morgan fingerprint density at radius 1 is 1.10 bits per heavy atom. The Kier molecular flexibility index (Phi) is 2.26. The van der Waals surface area contributed by atoms with Crippen LogP contribution in [-0.4, -0.2) is 29.5 Å². The number of hydrogen-bond acceptors (Lipinski definition) is 5. The van der Waals surface area contributed by atoms with Crippen molar-refractivity contribution in [3.8, 4) is 5.82 Å². The van der Waals surface area contributed by atoms with Gasteiger partial charge in [0.05, 0.1) is 17.4 Å². The zero-order chi connectivity index (χ0) is 14.6. The molecule has 0 saturated carbocycles. The molecule has 0 unspecified atom stereocenters. The Hall–Kier alpha value is -2.96. The number of nitrogen functional groups attached to an aromatic ring is 1. The zero-order valence-electron chi connectivity index (χ0n) is 11.6. The highest BCUT2D eigenvalue weighted by Crippen LogP contribution is 2.24. The van der Waals surface area contributed by atoms with Crippen LogP contribution in [0.5, 0.6) is 0 Å². The molecule has 0 amide bonds. The molecule has 3 N–H and O–H groups in total. The van der Waals surface area contributed by atoms with E-state index in [1.165, 1.54) is 11.1 Å². The molecule has 0 aliphatic carbocycles. The van der Waals surface area contributed by atoms with Crippen molar-refractivity contribution in [1.82, 2.24) is 29.5 Å². The minimum Gasteiger partial charge on any atom is -0.368 e. The SMILES string of the molecule is Cc1cc2ncn(-c3nc(N)nc4nc[nH]c34)c2cc1C. The number of aryl methyl sites for hydroxylation is 2. The van der Waals surface area contributed by atoms with E-state index in [1.54, 1.807) is 12.7 Å². The fourth-order valence-corrected chi connectivity index (χ4v) is 2.44. The molecule has 1 aromatic carbocycles. The van der Waals surface area contributed by atoms with Gasteiger partial charge in [-0.2, -0.15) is 9.97 Å². The summed E-state index contributed by atoms with van der Waals surface area (Å²) in [6.07, 6.45) is 3.32. The van der Waals surface area contributed by atoms with Crippen LogP contribution < -0.4 is 5.73 Å². The second-order valence-corrected chi connectivity index (χ2v) is 5.05. The van der Waals surface area contributed by atoms with Gasteiger partial charge >= 0.3 is 0 Å². The highest BCUT2D eigenvalue weighted by Gasteiger charge is 2.13. The molecule has 7 nitrogen and oxygen atoms in total. The summed E-state index contributed by atoms with van der Waals surface area (Å²) in [6, 6.07) is 4.16. The summed E-state index contributed by atoms with van der Waals surface area (Å²) in [7, 11) is 0. The van der Waals surface area contributed by atoms with Crippen LogP contribution in [0.25, 0.3) is 28.0 Å². The molecular formula is C14H13N7. The van der Waals surface area contributed by atoms with Gasteiger partial charge in [-0.25, -0.2) is 9.97 Å². The van der Waals surface area contributed by atoms with Gasteiger partial charge in [0.2, 0.25) is 5.95 Å². The number of nitrogens with two attached hydrogens (primary N) is 1. The van der Waals surface area contributed by atoms with E-state index in [4.69, 9.17) is 5.73 Å². The molecule has 0 radical (unpaired) electrons. The van der Waals surface area contributed by atoms with Gasteiger partial charge in [0, 0.05) is 0 Å². The van der Waals surface area contributed by atoms with Crippen LogP contribution in [-0.2, 0) is 0 Å². The fourth-order valence-electron chi connectivity index (χ4n) is 2.44. The topological polar surface area (TPSA) is 98.3 Å². The van der Waals surface area contributed by atoms with E-state index in [0.29, 0.717) is 11.5 Å². The first-order chi connectivity index (χ1) is 10.1. The summed E-state index contributed by atoms with van der Waals surface area (Å²) >= 11 is 0. The highest BCUT2D eigenvalue weighted by molar-refractivity contribution is 5.85. The third-order valence-electron chi connectivity index (χ3n) is 3.67. The van der Waals surface area contributed by atoms with Crippen molar-refractivity contribution in [2.24, 2.45) is 0 Å². The predicted octanol–water partition coefficient (Wildman–Crippen LogP) is 1.89. The molecule has 0 aliphatic rings.